The lowest BCUT2D eigenvalue weighted by Crippen LogP contribution is -2.13. The zero-order chi connectivity index (χ0) is 17.5. The number of hydrogen-bond acceptors (Lipinski definition) is 4. The van der Waals surface area contributed by atoms with E-state index in [1.165, 1.54) is 12.1 Å². The van der Waals surface area contributed by atoms with Gasteiger partial charge in [0.2, 0.25) is 0 Å². The number of halogens is 1. The van der Waals surface area contributed by atoms with Crippen LogP contribution in [0.3, 0.4) is 0 Å². The zero-order valence-corrected chi connectivity index (χ0v) is 14.8. The number of carboxylic acids is 1. The van der Waals surface area contributed by atoms with Gasteiger partial charge in [-0.3, -0.25) is 4.72 Å². The first-order valence-corrected chi connectivity index (χ1v) is 9.50. The highest BCUT2D eigenvalue weighted by Crippen LogP contribution is 2.33. The molecule has 0 aliphatic carbocycles. The number of rotatable bonds is 4. The van der Waals surface area contributed by atoms with E-state index in [0.717, 1.165) is 21.4 Å². The fraction of sp³-hybridized carbons (Fsp3) is 0.0625. The van der Waals surface area contributed by atoms with Crippen LogP contribution in [0.25, 0.3) is 10.1 Å². The van der Waals surface area contributed by atoms with Crippen molar-refractivity contribution in [2.45, 2.75) is 11.1 Å². The van der Waals surface area contributed by atoms with Crippen molar-refractivity contribution in [3.63, 3.8) is 0 Å². The molecule has 0 radical (unpaired) electrons. The van der Waals surface area contributed by atoms with Gasteiger partial charge >= 0.3 is 5.97 Å². The maximum atomic E-state index is 12.6. The predicted molar refractivity (Wildman–Crippen MR) is 95.8 cm³/mol. The molecule has 0 fully saturated rings. The first kappa shape index (κ1) is 16.8. The highest BCUT2D eigenvalue weighted by atomic mass is 35.5. The Morgan fingerprint density at radius 1 is 1.21 bits per heavy atom. The quantitative estimate of drug-likeness (QED) is 0.703. The van der Waals surface area contributed by atoms with E-state index in [2.05, 4.69) is 4.72 Å². The molecule has 0 saturated heterocycles. The van der Waals surface area contributed by atoms with Crippen molar-refractivity contribution in [3.8, 4) is 0 Å². The van der Waals surface area contributed by atoms with Gasteiger partial charge in [0.1, 0.15) is 4.21 Å². The Hall–Kier alpha value is -2.09. The molecule has 2 aromatic carbocycles. The molecule has 2 N–H and O–H groups in total. The van der Waals surface area contributed by atoms with Crippen LogP contribution in [0, 0.1) is 6.92 Å². The Bertz CT molecular complexity index is 1020. The van der Waals surface area contributed by atoms with Crippen molar-refractivity contribution >= 4 is 54.7 Å². The van der Waals surface area contributed by atoms with Crippen LogP contribution in [0.2, 0.25) is 5.02 Å². The molecule has 124 valence electrons. The summed E-state index contributed by atoms with van der Waals surface area (Å²) in [4.78, 5) is 11.2. The molecule has 3 aromatic rings. The lowest BCUT2D eigenvalue weighted by Gasteiger charge is -2.11. The topological polar surface area (TPSA) is 83.5 Å². The molecule has 1 aromatic heterocycles. The highest BCUT2D eigenvalue weighted by molar-refractivity contribution is 7.94. The smallest absolute Gasteiger partial charge is 0.335 e. The maximum absolute atomic E-state index is 12.6. The SMILES string of the molecule is Cc1cc(C(=O)O)cc(NS(=O)(=O)c2cc3ccccc3s2)c1Cl. The summed E-state index contributed by atoms with van der Waals surface area (Å²) >= 11 is 7.26. The average molecular weight is 382 g/mol. The van der Waals surface area contributed by atoms with Crippen molar-refractivity contribution < 1.29 is 18.3 Å². The van der Waals surface area contributed by atoms with Crippen LogP contribution in [-0.4, -0.2) is 19.5 Å². The normalized spacial score (nSPS) is 11.6. The summed E-state index contributed by atoms with van der Waals surface area (Å²) in [6.07, 6.45) is 0. The van der Waals surface area contributed by atoms with E-state index >= 15 is 0 Å². The van der Waals surface area contributed by atoms with E-state index < -0.39 is 16.0 Å². The van der Waals surface area contributed by atoms with Gasteiger partial charge in [-0.15, -0.1) is 11.3 Å². The van der Waals surface area contributed by atoms with Crippen LogP contribution in [0.15, 0.2) is 46.7 Å². The van der Waals surface area contributed by atoms with Crippen molar-refractivity contribution in [1.29, 1.82) is 0 Å². The molecule has 0 aliphatic rings. The fourth-order valence-corrected chi connectivity index (χ4v) is 4.93. The van der Waals surface area contributed by atoms with Crippen LogP contribution in [0.4, 0.5) is 5.69 Å². The summed E-state index contributed by atoms with van der Waals surface area (Å²) < 4.78 is 28.6. The lowest BCUT2D eigenvalue weighted by atomic mass is 10.1. The number of thiophene rings is 1. The number of anilines is 1. The van der Waals surface area contributed by atoms with Gasteiger partial charge in [-0.2, -0.15) is 0 Å². The third-order valence-electron chi connectivity index (χ3n) is 3.41. The van der Waals surface area contributed by atoms with Gasteiger partial charge in [0.15, 0.2) is 0 Å². The molecule has 1 heterocycles. The van der Waals surface area contributed by atoms with E-state index in [1.807, 2.05) is 24.3 Å². The minimum absolute atomic E-state index is 0.0362. The van der Waals surface area contributed by atoms with Gasteiger partial charge in [-0.05, 0) is 42.1 Å². The first-order chi connectivity index (χ1) is 11.3. The van der Waals surface area contributed by atoms with Crippen molar-refractivity contribution in [3.05, 3.63) is 58.6 Å². The lowest BCUT2D eigenvalue weighted by molar-refractivity contribution is 0.0697. The number of aromatic carboxylic acids is 1. The second-order valence-corrected chi connectivity index (χ2v) is 8.54. The van der Waals surface area contributed by atoms with Crippen LogP contribution in [0.1, 0.15) is 15.9 Å². The van der Waals surface area contributed by atoms with Gasteiger partial charge in [0.25, 0.3) is 10.0 Å². The van der Waals surface area contributed by atoms with Crippen LogP contribution < -0.4 is 4.72 Å². The van der Waals surface area contributed by atoms with Gasteiger partial charge in [0.05, 0.1) is 16.3 Å². The molecule has 0 unspecified atom stereocenters. The number of sulfonamides is 1. The summed E-state index contributed by atoms with van der Waals surface area (Å²) in [5.41, 5.74) is 0.489. The van der Waals surface area contributed by atoms with Crippen molar-refractivity contribution in [2.75, 3.05) is 4.72 Å². The standard InChI is InChI=1S/C16H12ClNO4S2/c1-9-6-11(16(19)20)7-12(15(9)17)18-24(21,22)14-8-10-4-2-3-5-13(10)23-14/h2-8,18H,1H3,(H,19,20). The van der Waals surface area contributed by atoms with Gasteiger partial charge < -0.3 is 5.11 Å². The molecule has 0 amide bonds. The van der Waals surface area contributed by atoms with E-state index in [1.54, 1.807) is 13.0 Å². The zero-order valence-electron chi connectivity index (χ0n) is 12.4. The van der Waals surface area contributed by atoms with Gasteiger partial charge in [-0.1, -0.05) is 29.8 Å². The minimum Gasteiger partial charge on any atom is -0.478 e. The predicted octanol–water partition coefficient (Wildman–Crippen LogP) is 4.36. The summed E-state index contributed by atoms with van der Waals surface area (Å²) in [5.74, 6) is -1.16. The molecule has 0 bridgehead atoms. The average Bonchev–Trinajstić information content (AvgIpc) is 2.96. The molecular formula is C16H12ClNO4S2. The summed E-state index contributed by atoms with van der Waals surface area (Å²) in [6, 6.07) is 11.5. The number of hydrogen-bond donors (Lipinski definition) is 2. The largest absolute Gasteiger partial charge is 0.478 e. The number of fused-ring (bicyclic) bond motifs is 1. The Morgan fingerprint density at radius 2 is 1.92 bits per heavy atom. The minimum atomic E-state index is -3.87. The second kappa shape index (κ2) is 6.08. The number of carboxylic acid groups (broad SMARTS) is 1. The number of aryl methyl sites for hydroxylation is 1. The van der Waals surface area contributed by atoms with Crippen LogP contribution in [-0.2, 0) is 10.0 Å². The Kier molecular flexibility index (Phi) is 4.25. The van der Waals surface area contributed by atoms with Gasteiger partial charge in [-0.25, -0.2) is 13.2 Å². The third kappa shape index (κ3) is 3.10. The molecule has 0 saturated carbocycles. The fourth-order valence-electron chi connectivity index (χ4n) is 2.25. The molecule has 0 spiro atoms. The summed E-state index contributed by atoms with van der Waals surface area (Å²) in [7, 11) is -3.87. The van der Waals surface area contributed by atoms with E-state index in [0.29, 0.717) is 5.56 Å². The summed E-state index contributed by atoms with van der Waals surface area (Å²) in [6.45, 7) is 1.62. The maximum Gasteiger partial charge on any atom is 0.335 e. The van der Waals surface area contributed by atoms with Crippen LogP contribution >= 0.6 is 22.9 Å². The molecule has 24 heavy (non-hydrogen) atoms. The first-order valence-electron chi connectivity index (χ1n) is 6.83. The monoisotopic (exact) mass is 381 g/mol. The molecular weight excluding hydrogens is 370 g/mol. The Morgan fingerprint density at radius 3 is 2.58 bits per heavy atom. The molecule has 3 rings (SSSR count). The molecule has 8 heteroatoms. The van der Waals surface area contributed by atoms with E-state index in [9.17, 15) is 13.2 Å². The van der Waals surface area contributed by atoms with Crippen molar-refractivity contribution in [1.82, 2.24) is 0 Å². The number of carbonyl (C=O) groups is 1. The third-order valence-corrected chi connectivity index (χ3v) is 6.87. The van der Waals surface area contributed by atoms with Crippen molar-refractivity contribution in [2.24, 2.45) is 0 Å². The summed E-state index contributed by atoms with van der Waals surface area (Å²) in [5, 5.41) is 10.1. The van der Waals surface area contributed by atoms with E-state index in [4.69, 9.17) is 16.7 Å². The van der Waals surface area contributed by atoms with E-state index in [-0.39, 0.29) is 20.5 Å². The Balaban J connectivity index is 2.04. The number of benzene rings is 2. The molecule has 0 atom stereocenters. The Labute approximate surface area is 147 Å². The number of nitrogens with one attached hydrogen (secondary N) is 1. The van der Waals surface area contributed by atoms with Gasteiger partial charge in [0, 0.05) is 4.70 Å². The second-order valence-electron chi connectivity index (χ2n) is 5.17. The van der Waals surface area contributed by atoms with Crippen LogP contribution in [0.5, 0.6) is 0 Å². The molecule has 5 nitrogen and oxygen atoms in total. The highest BCUT2D eigenvalue weighted by Gasteiger charge is 2.20. The molecule has 0 aliphatic heterocycles.